The predicted molar refractivity (Wildman–Crippen MR) is 112 cm³/mol. The largest absolute Gasteiger partial charge is 0.334 e. The number of rotatable bonds is 5. The first-order valence-electron chi connectivity index (χ1n) is 9.01. The lowest BCUT2D eigenvalue weighted by Crippen LogP contribution is -2.12. The lowest BCUT2D eigenvalue weighted by atomic mass is 10.1. The summed E-state index contributed by atoms with van der Waals surface area (Å²) in [6.07, 6.45) is 0. The number of nitrogens with zero attached hydrogens (tertiary/aromatic N) is 2. The van der Waals surface area contributed by atoms with Crippen LogP contribution >= 0.6 is 0 Å². The highest BCUT2D eigenvalue weighted by atomic mass is 32.2. The Morgan fingerprint density at radius 2 is 1.31 bits per heavy atom. The van der Waals surface area contributed by atoms with E-state index >= 15 is 0 Å². The maximum absolute atomic E-state index is 12.5. The third-order valence-corrected chi connectivity index (χ3v) is 5.85. The van der Waals surface area contributed by atoms with Crippen molar-refractivity contribution in [3.8, 4) is 22.8 Å². The Morgan fingerprint density at radius 1 is 0.759 bits per heavy atom. The van der Waals surface area contributed by atoms with Crippen molar-refractivity contribution in [3.05, 3.63) is 83.9 Å². The van der Waals surface area contributed by atoms with Crippen LogP contribution in [0.25, 0.3) is 22.8 Å². The molecule has 7 heteroatoms. The first-order chi connectivity index (χ1) is 13.9. The molecular formula is C22H19N3O3S. The normalized spacial score (nSPS) is 11.4. The Labute approximate surface area is 169 Å². The van der Waals surface area contributed by atoms with Gasteiger partial charge in [0.1, 0.15) is 0 Å². The summed E-state index contributed by atoms with van der Waals surface area (Å²) in [6.45, 7) is 3.92. The molecule has 4 aromatic rings. The molecule has 1 heterocycles. The minimum Gasteiger partial charge on any atom is -0.334 e. The second kappa shape index (κ2) is 7.52. The predicted octanol–water partition coefficient (Wildman–Crippen LogP) is 4.82. The maximum Gasteiger partial charge on any atom is 0.261 e. The van der Waals surface area contributed by atoms with E-state index in [9.17, 15) is 8.42 Å². The van der Waals surface area contributed by atoms with Crippen LogP contribution in [0.15, 0.2) is 82.2 Å². The molecule has 1 aromatic heterocycles. The molecule has 3 aromatic carbocycles. The second-order valence-electron chi connectivity index (χ2n) is 6.79. The fourth-order valence-electron chi connectivity index (χ4n) is 2.77. The number of hydrogen-bond acceptors (Lipinski definition) is 5. The molecule has 0 radical (unpaired) electrons. The molecule has 0 aliphatic heterocycles. The fourth-order valence-corrected chi connectivity index (χ4v) is 3.83. The van der Waals surface area contributed by atoms with Gasteiger partial charge in [0.05, 0.1) is 4.90 Å². The molecule has 6 nitrogen and oxygen atoms in total. The molecule has 0 aliphatic carbocycles. The van der Waals surface area contributed by atoms with Gasteiger partial charge in [0.15, 0.2) is 0 Å². The van der Waals surface area contributed by atoms with Gasteiger partial charge in [0, 0.05) is 16.8 Å². The third kappa shape index (κ3) is 4.20. The van der Waals surface area contributed by atoms with Crippen LogP contribution in [0.3, 0.4) is 0 Å². The monoisotopic (exact) mass is 405 g/mol. The van der Waals surface area contributed by atoms with Crippen LogP contribution in [0.2, 0.25) is 0 Å². The van der Waals surface area contributed by atoms with Crippen molar-refractivity contribution in [2.24, 2.45) is 0 Å². The first kappa shape index (κ1) is 18.9. The SMILES string of the molecule is Cc1ccc(-c2noc(-c3ccc(NS(=O)(=O)c4ccc(C)cc4)cc3)n2)cc1. The van der Waals surface area contributed by atoms with E-state index in [1.807, 2.05) is 38.1 Å². The van der Waals surface area contributed by atoms with Gasteiger partial charge in [-0.2, -0.15) is 4.98 Å². The van der Waals surface area contributed by atoms with Crippen LogP contribution in [0, 0.1) is 13.8 Å². The fraction of sp³-hybridized carbons (Fsp3) is 0.0909. The van der Waals surface area contributed by atoms with Crippen molar-refractivity contribution in [2.75, 3.05) is 4.72 Å². The summed E-state index contributed by atoms with van der Waals surface area (Å²) < 4.78 is 32.9. The summed E-state index contributed by atoms with van der Waals surface area (Å²) >= 11 is 0. The second-order valence-corrected chi connectivity index (χ2v) is 8.47. The number of hydrogen-bond donors (Lipinski definition) is 1. The average molecular weight is 405 g/mol. The van der Waals surface area contributed by atoms with Crippen LogP contribution in [0.4, 0.5) is 5.69 Å². The van der Waals surface area contributed by atoms with Gasteiger partial charge in [-0.3, -0.25) is 4.72 Å². The molecular weight excluding hydrogens is 386 g/mol. The minimum atomic E-state index is -3.64. The van der Waals surface area contributed by atoms with Gasteiger partial charge in [-0.25, -0.2) is 8.42 Å². The standard InChI is InChI=1S/C22H19N3O3S/c1-15-3-7-17(8-4-15)21-23-22(28-24-21)18-9-11-19(12-10-18)25-29(26,27)20-13-5-16(2)6-14-20/h3-14,25H,1-2H3. The molecule has 0 aliphatic rings. The Balaban J connectivity index is 1.52. The number of nitrogens with one attached hydrogen (secondary N) is 1. The molecule has 1 N–H and O–H groups in total. The Kier molecular flexibility index (Phi) is 4.90. The van der Waals surface area contributed by atoms with Gasteiger partial charge < -0.3 is 4.52 Å². The lowest BCUT2D eigenvalue weighted by molar-refractivity contribution is 0.432. The summed E-state index contributed by atoms with van der Waals surface area (Å²) in [5.74, 6) is 0.873. The van der Waals surface area contributed by atoms with E-state index in [0.29, 0.717) is 23.0 Å². The van der Waals surface area contributed by atoms with Gasteiger partial charge in [0.2, 0.25) is 5.82 Å². The van der Waals surface area contributed by atoms with E-state index in [4.69, 9.17) is 4.52 Å². The molecule has 0 amide bonds. The summed E-state index contributed by atoms with van der Waals surface area (Å²) in [5, 5.41) is 4.02. The van der Waals surface area contributed by atoms with E-state index in [-0.39, 0.29) is 4.90 Å². The van der Waals surface area contributed by atoms with Gasteiger partial charge in [-0.05, 0) is 50.2 Å². The molecule has 0 fully saturated rings. The highest BCUT2D eigenvalue weighted by Gasteiger charge is 2.15. The summed E-state index contributed by atoms with van der Waals surface area (Å²) in [6, 6.07) is 21.3. The number of anilines is 1. The molecule has 4 rings (SSSR count). The van der Waals surface area contributed by atoms with Gasteiger partial charge in [0.25, 0.3) is 15.9 Å². The number of benzene rings is 3. The molecule has 0 saturated carbocycles. The smallest absolute Gasteiger partial charge is 0.261 e. The molecule has 146 valence electrons. The van der Waals surface area contributed by atoms with Crippen LogP contribution < -0.4 is 4.72 Å². The van der Waals surface area contributed by atoms with E-state index in [1.165, 1.54) is 0 Å². The average Bonchev–Trinajstić information content (AvgIpc) is 3.19. The van der Waals surface area contributed by atoms with E-state index < -0.39 is 10.0 Å². The highest BCUT2D eigenvalue weighted by Crippen LogP contribution is 2.24. The van der Waals surface area contributed by atoms with Crippen LogP contribution in [-0.4, -0.2) is 18.6 Å². The Morgan fingerprint density at radius 3 is 1.93 bits per heavy atom. The van der Waals surface area contributed by atoms with Crippen LogP contribution in [0.1, 0.15) is 11.1 Å². The van der Waals surface area contributed by atoms with Crippen molar-refractivity contribution in [3.63, 3.8) is 0 Å². The number of aromatic nitrogens is 2. The number of sulfonamides is 1. The molecule has 0 saturated heterocycles. The van der Waals surface area contributed by atoms with Gasteiger partial charge in [-0.15, -0.1) is 0 Å². The molecule has 0 spiro atoms. The zero-order valence-electron chi connectivity index (χ0n) is 16.0. The topological polar surface area (TPSA) is 85.1 Å². The zero-order chi connectivity index (χ0) is 20.4. The quantitative estimate of drug-likeness (QED) is 0.514. The van der Waals surface area contributed by atoms with Crippen molar-refractivity contribution in [1.82, 2.24) is 10.1 Å². The summed E-state index contributed by atoms with van der Waals surface area (Å²) in [5.41, 5.74) is 4.17. The third-order valence-electron chi connectivity index (χ3n) is 4.45. The Hall–Kier alpha value is -3.45. The maximum atomic E-state index is 12.5. The molecule has 0 bridgehead atoms. The molecule has 29 heavy (non-hydrogen) atoms. The lowest BCUT2D eigenvalue weighted by Gasteiger charge is -2.08. The van der Waals surface area contributed by atoms with Crippen molar-refractivity contribution >= 4 is 15.7 Å². The summed E-state index contributed by atoms with van der Waals surface area (Å²) in [7, 11) is -3.64. The minimum absolute atomic E-state index is 0.215. The first-order valence-corrected chi connectivity index (χ1v) is 10.5. The van der Waals surface area contributed by atoms with E-state index in [0.717, 1.165) is 16.7 Å². The highest BCUT2D eigenvalue weighted by molar-refractivity contribution is 7.92. The van der Waals surface area contributed by atoms with E-state index in [2.05, 4.69) is 14.9 Å². The van der Waals surface area contributed by atoms with Crippen LogP contribution in [-0.2, 0) is 10.0 Å². The van der Waals surface area contributed by atoms with Gasteiger partial charge >= 0.3 is 0 Å². The summed E-state index contributed by atoms with van der Waals surface area (Å²) in [4.78, 5) is 4.64. The van der Waals surface area contributed by atoms with E-state index in [1.54, 1.807) is 48.5 Å². The van der Waals surface area contributed by atoms with Crippen LogP contribution in [0.5, 0.6) is 0 Å². The Bertz CT molecular complexity index is 1230. The molecule has 0 unspecified atom stereocenters. The van der Waals surface area contributed by atoms with Crippen molar-refractivity contribution in [2.45, 2.75) is 18.7 Å². The number of aryl methyl sites for hydroxylation is 2. The zero-order valence-corrected chi connectivity index (χ0v) is 16.8. The van der Waals surface area contributed by atoms with Crippen molar-refractivity contribution in [1.29, 1.82) is 0 Å². The molecule has 0 atom stereocenters. The van der Waals surface area contributed by atoms with Gasteiger partial charge in [-0.1, -0.05) is 52.7 Å². The van der Waals surface area contributed by atoms with Crippen molar-refractivity contribution < 1.29 is 12.9 Å².